The highest BCUT2D eigenvalue weighted by atomic mass is 14.9. The summed E-state index contributed by atoms with van der Waals surface area (Å²) in [5.74, 6) is 0. The first-order valence-corrected chi connectivity index (χ1v) is 6.18. The van der Waals surface area contributed by atoms with Crippen LogP contribution in [0.25, 0.3) is 10.8 Å². The molecule has 3 aromatic rings. The summed E-state index contributed by atoms with van der Waals surface area (Å²) in [7, 11) is 0. The van der Waals surface area contributed by atoms with E-state index in [1.165, 1.54) is 0 Å². The Morgan fingerprint density at radius 3 is 2.75 bits per heavy atom. The summed E-state index contributed by atoms with van der Waals surface area (Å²) in [6.07, 6.45) is 3.49. The normalized spacial score (nSPS) is 10.2. The van der Waals surface area contributed by atoms with Gasteiger partial charge in [-0.25, -0.2) is 0 Å². The van der Waals surface area contributed by atoms with E-state index >= 15 is 0 Å². The Morgan fingerprint density at radius 1 is 1.05 bits per heavy atom. The Hall–Kier alpha value is -3.06. The van der Waals surface area contributed by atoms with Crippen LogP contribution >= 0.6 is 0 Å². The van der Waals surface area contributed by atoms with Gasteiger partial charge in [-0.2, -0.15) is 5.26 Å². The minimum atomic E-state index is 0.585. The van der Waals surface area contributed by atoms with Crippen molar-refractivity contribution in [1.82, 2.24) is 4.98 Å². The first-order valence-electron chi connectivity index (χ1n) is 6.18. The zero-order valence-electron chi connectivity index (χ0n) is 10.7. The molecule has 3 N–H and O–H groups in total. The molecular formula is C16H12N4. The number of hydrogen-bond acceptors (Lipinski definition) is 4. The summed E-state index contributed by atoms with van der Waals surface area (Å²) in [5, 5.41) is 14.3. The van der Waals surface area contributed by atoms with Crippen molar-refractivity contribution in [3.8, 4) is 6.07 Å². The van der Waals surface area contributed by atoms with Gasteiger partial charge in [-0.1, -0.05) is 18.2 Å². The Balaban J connectivity index is 2.08. The topological polar surface area (TPSA) is 74.7 Å². The predicted octanol–water partition coefficient (Wildman–Crippen LogP) is 3.43. The second-order valence-corrected chi connectivity index (χ2v) is 4.41. The summed E-state index contributed by atoms with van der Waals surface area (Å²) in [6, 6.07) is 15.2. The summed E-state index contributed by atoms with van der Waals surface area (Å²) in [4.78, 5) is 4.08. The molecule has 0 amide bonds. The van der Waals surface area contributed by atoms with Crippen molar-refractivity contribution in [2.45, 2.75) is 0 Å². The first kappa shape index (κ1) is 12.0. The summed E-state index contributed by atoms with van der Waals surface area (Å²) in [6.45, 7) is 0. The van der Waals surface area contributed by atoms with Crippen LogP contribution in [0.4, 0.5) is 17.1 Å². The van der Waals surface area contributed by atoms with Gasteiger partial charge in [0.2, 0.25) is 0 Å². The number of pyridine rings is 1. The number of nitrogens with one attached hydrogen (secondary N) is 1. The zero-order valence-corrected chi connectivity index (χ0v) is 10.7. The summed E-state index contributed by atoms with van der Waals surface area (Å²) in [5.41, 5.74) is 8.95. The van der Waals surface area contributed by atoms with Crippen LogP contribution in [0.15, 0.2) is 54.9 Å². The molecule has 0 spiro atoms. The number of anilines is 3. The van der Waals surface area contributed by atoms with Crippen molar-refractivity contribution in [3.63, 3.8) is 0 Å². The Morgan fingerprint density at radius 2 is 1.90 bits per heavy atom. The van der Waals surface area contributed by atoms with Crippen LogP contribution in [0.3, 0.4) is 0 Å². The molecule has 4 nitrogen and oxygen atoms in total. The molecule has 0 fully saturated rings. The highest BCUT2D eigenvalue weighted by Gasteiger charge is 2.06. The first-order chi connectivity index (χ1) is 9.79. The smallest absolute Gasteiger partial charge is 0.101 e. The van der Waals surface area contributed by atoms with Gasteiger partial charge in [-0.15, -0.1) is 0 Å². The van der Waals surface area contributed by atoms with E-state index in [0.717, 1.165) is 22.1 Å². The number of benzene rings is 2. The van der Waals surface area contributed by atoms with E-state index in [9.17, 15) is 0 Å². The van der Waals surface area contributed by atoms with Crippen LogP contribution < -0.4 is 11.1 Å². The van der Waals surface area contributed by atoms with E-state index in [1.54, 1.807) is 18.5 Å². The lowest BCUT2D eigenvalue weighted by Gasteiger charge is -2.12. The molecule has 2 aromatic carbocycles. The largest absolute Gasteiger partial charge is 0.397 e. The number of nitrogens with zero attached hydrogens (tertiary/aromatic N) is 2. The molecule has 1 heterocycles. The fraction of sp³-hybridized carbons (Fsp3) is 0. The molecule has 0 saturated heterocycles. The molecule has 0 aliphatic carbocycles. The van der Waals surface area contributed by atoms with E-state index < -0.39 is 0 Å². The van der Waals surface area contributed by atoms with E-state index in [2.05, 4.69) is 16.4 Å². The molecule has 0 radical (unpaired) electrons. The number of para-hydroxylation sites is 1. The van der Waals surface area contributed by atoms with Crippen molar-refractivity contribution in [2.75, 3.05) is 11.1 Å². The van der Waals surface area contributed by atoms with E-state index in [4.69, 9.17) is 11.0 Å². The minimum Gasteiger partial charge on any atom is -0.397 e. The van der Waals surface area contributed by atoms with Crippen molar-refractivity contribution >= 4 is 27.8 Å². The third kappa shape index (κ3) is 2.02. The number of hydrogen-bond donors (Lipinski definition) is 2. The third-order valence-electron chi connectivity index (χ3n) is 3.18. The molecule has 0 aliphatic rings. The van der Waals surface area contributed by atoms with Crippen molar-refractivity contribution in [3.05, 3.63) is 60.4 Å². The highest BCUT2D eigenvalue weighted by Crippen LogP contribution is 2.31. The molecule has 1 aromatic heterocycles. The van der Waals surface area contributed by atoms with Crippen molar-refractivity contribution in [1.29, 1.82) is 5.26 Å². The lowest BCUT2D eigenvalue weighted by atomic mass is 10.1. The van der Waals surface area contributed by atoms with Crippen molar-refractivity contribution < 1.29 is 0 Å². The minimum absolute atomic E-state index is 0.585. The van der Waals surface area contributed by atoms with Gasteiger partial charge in [0.05, 0.1) is 22.6 Å². The van der Waals surface area contributed by atoms with Crippen LogP contribution in [0.2, 0.25) is 0 Å². The molecule has 0 atom stereocenters. The molecule has 20 heavy (non-hydrogen) atoms. The average Bonchev–Trinajstić information content (AvgIpc) is 2.51. The molecule has 0 aliphatic heterocycles. The molecule has 96 valence electrons. The Bertz CT molecular complexity index is 818. The van der Waals surface area contributed by atoms with E-state index in [1.807, 2.05) is 36.4 Å². The van der Waals surface area contributed by atoms with Crippen LogP contribution in [-0.4, -0.2) is 4.98 Å². The molecule has 0 saturated carbocycles. The zero-order chi connectivity index (χ0) is 13.9. The van der Waals surface area contributed by atoms with Gasteiger partial charge >= 0.3 is 0 Å². The monoisotopic (exact) mass is 260 g/mol. The Kier molecular flexibility index (Phi) is 2.94. The molecule has 4 heteroatoms. The predicted molar refractivity (Wildman–Crippen MR) is 80.6 cm³/mol. The average molecular weight is 260 g/mol. The molecule has 0 bridgehead atoms. The summed E-state index contributed by atoms with van der Waals surface area (Å²) >= 11 is 0. The number of nitrogens with two attached hydrogens (primary N) is 1. The van der Waals surface area contributed by atoms with Crippen LogP contribution in [0.5, 0.6) is 0 Å². The number of rotatable bonds is 2. The molecule has 3 rings (SSSR count). The molecule has 0 unspecified atom stereocenters. The van der Waals surface area contributed by atoms with Gasteiger partial charge in [-0.3, -0.25) is 4.98 Å². The Labute approximate surface area is 116 Å². The number of fused-ring (bicyclic) bond motifs is 1. The summed E-state index contributed by atoms with van der Waals surface area (Å²) < 4.78 is 0. The van der Waals surface area contributed by atoms with Crippen molar-refractivity contribution in [2.24, 2.45) is 0 Å². The second kappa shape index (κ2) is 4.90. The highest BCUT2D eigenvalue weighted by molar-refractivity contribution is 5.99. The second-order valence-electron chi connectivity index (χ2n) is 4.41. The maximum Gasteiger partial charge on any atom is 0.101 e. The lowest BCUT2D eigenvalue weighted by molar-refractivity contribution is 1.36. The van der Waals surface area contributed by atoms with Gasteiger partial charge in [-0.05, 0) is 24.3 Å². The number of nitrogen functional groups attached to an aromatic ring is 1. The maximum absolute atomic E-state index is 9.11. The quantitative estimate of drug-likeness (QED) is 0.692. The number of aromatic nitrogens is 1. The SMILES string of the molecule is N#Cc1ccccc1Nc1ccc2cnccc2c1N. The van der Waals surface area contributed by atoms with E-state index in [0.29, 0.717) is 11.3 Å². The number of nitriles is 1. The fourth-order valence-corrected chi connectivity index (χ4v) is 2.14. The van der Waals surface area contributed by atoms with Crippen LogP contribution in [0, 0.1) is 11.3 Å². The van der Waals surface area contributed by atoms with Gasteiger partial charge in [0.1, 0.15) is 6.07 Å². The van der Waals surface area contributed by atoms with E-state index in [-0.39, 0.29) is 0 Å². The molecular weight excluding hydrogens is 248 g/mol. The lowest BCUT2D eigenvalue weighted by Crippen LogP contribution is -1.98. The standard InChI is InChI=1S/C16H12N4/c17-9-11-3-1-2-4-14(11)20-15-6-5-12-10-19-8-7-13(12)16(15)18/h1-8,10,20H,18H2. The van der Waals surface area contributed by atoms with Gasteiger partial charge in [0.15, 0.2) is 0 Å². The van der Waals surface area contributed by atoms with Gasteiger partial charge in [0.25, 0.3) is 0 Å². The van der Waals surface area contributed by atoms with Gasteiger partial charge < -0.3 is 11.1 Å². The fourth-order valence-electron chi connectivity index (χ4n) is 2.14. The van der Waals surface area contributed by atoms with Gasteiger partial charge in [0, 0.05) is 23.2 Å². The maximum atomic E-state index is 9.11. The van der Waals surface area contributed by atoms with Crippen LogP contribution in [0.1, 0.15) is 5.56 Å². The third-order valence-corrected chi connectivity index (χ3v) is 3.18. The van der Waals surface area contributed by atoms with Crippen LogP contribution in [-0.2, 0) is 0 Å².